The number of hydrogen-bond donors (Lipinski definition) is 6. The average molecular weight is 562 g/mol. The Morgan fingerprint density at radius 3 is 2.37 bits per heavy atom. The number of amides is 2. The molecule has 11 heteroatoms. The van der Waals surface area contributed by atoms with Crippen molar-refractivity contribution in [2.45, 2.75) is 38.0 Å². The molecule has 0 spiro atoms. The third-order valence-electron chi connectivity index (χ3n) is 8.41. The summed E-state index contributed by atoms with van der Waals surface area (Å²) in [6.45, 7) is 1.25. The number of benzene rings is 2. The quantitative estimate of drug-likeness (QED) is 0.293. The highest BCUT2D eigenvalue weighted by molar-refractivity contribution is 6.25. The van der Waals surface area contributed by atoms with Crippen LogP contribution < -0.4 is 11.1 Å². The number of aromatic hydroxyl groups is 1. The number of allylic oxidation sites excluding steroid dienone is 1. The first-order chi connectivity index (χ1) is 19.3. The molecule has 4 atom stereocenters. The number of carbonyl (C=O) groups excluding carboxylic acids is 4. The van der Waals surface area contributed by atoms with Crippen LogP contribution in [0.4, 0.5) is 0 Å². The number of fused-ring (bicyclic) bond motifs is 3. The van der Waals surface area contributed by atoms with Crippen LogP contribution in [0.15, 0.2) is 59.1 Å². The van der Waals surface area contributed by atoms with E-state index >= 15 is 0 Å². The summed E-state index contributed by atoms with van der Waals surface area (Å²) in [7, 11) is 3.16. The second-order valence-electron chi connectivity index (χ2n) is 11.0. The zero-order valence-electron chi connectivity index (χ0n) is 22.8. The summed E-state index contributed by atoms with van der Waals surface area (Å²) in [4.78, 5) is 52.9. The Kier molecular flexibility index (Phi) is 6.75. The van der Waals surface area contributed by atoms with Gasteiger partial charge in [0.05, 0.1) is 11.6 Å². The van der Waals surface area contributed by atoms with Crippen molar-refractivity contribution in [2.24, 2.45) is 17.6 Å². The maximum atomic E-state index is 14.1. The van der Waals surface area contributed by atoms with Crippen LogP contribution >= 0.6 is 0 Å². The van der Waals surface area contributed by atoms with Crippen LogP contribution in [0.25, 0.3) is 11.1 Å². The molecule has 2 aromatic carbocycles. The number of carbonyl (C=O) groups is 4. The molecular formula is C30H31N3O8. The number of phenols is 1. The summed E-state index contributed by atoms with van der Waals surface area (Å²) in [6, 6.07) is 9.82. The van der Waals surface area contributed by atoms with E-state index in [0.717, 1.165) is 5.56 Å². The van der Waals surface area contributed by atoms with Crippen molar-refractivity contribution in [1.29, 1.82) is 0 Å². The molecule has 0 unspecified atom stereocenters. The highest BCUT2D eigenvalue weighted by Crippen LogP contribution is 2.53. The minimum absolute atomic E-state index is 0.00556. The summed E-state index contributed by atoms with van der Waals surface area (Å²) in [5, 5.41) is 48.1. The van der Waals surface area contributed by atoms with Crippen LogP contribution in [0.1, 0.15) is 34.8 Å². The first-order valence-corrected chi connectivity index (χ1v) is 13.1. The summed E-state index contributed by atoms with van der Waals surface area (Å²) >= 11 is 0. The molecule has 0 bridgehead atoms. The van der Waals surface area contributed by atoms with Crippen molar-refractivity contribution in [3.05, 3.63) is 75.8 Å². The van der Waals surface area contributed by atoms with E-state index in [1.54, 1.807) is 20.2 Å². The summed E-state index contributed by atoms with van der Waals surface area (Å²) in [5.74, 6) is -7.43. The number of primary amides is 1. The molecule has 3 aliphatic carbocycles. The Bertz CT molecular complexity index is 1580. The van der Waals surface area contributed by atoms with E-state index in [-0.39, 0.29) is 47.7 Å². The van der Waals surface area contributed by atoms with E-state index < -0.39 is 58.0 Å². The van der Waals surface area contributed by atoms with Gasteiger partial charge in [-0.15, -0.1) is 0 Å². The number of nitrogens with zero attached hydrogens (tertiary/aromatic N) is 1. The van der Waals surface area contributed by atoms with Gasteiger partial charge in [-0.3, -0.25) is 24.1 Å². The van der Waals surface area contributed by atoms with E-state index in [4.69, 9.17) is 5.73 Å². The highest BCUT2D eigenvalue weighted by Gasteiger charge is 2.63. The lowest BCUT2D eigenvalue weighted by Crippen LogP contribution is -2.63. The summed E-state index contributed by atoms with van der Waals surface area (Å²) < 4.78 is 0. The fraction of sp³-hybridized carbons (Fsp3) is 0.333. The Morgan fingerprint density at radius 2 is 1.78 bits per heavy atom. The van der Waals surface area contributed by atoms with Crippen LogP contribution in [0.2, 0.25) is 0 Å². The van der Waals surface area contributed by atoms with E-state index in [1.165, 1.54) is 11.8 Å². The molecule has 0 aliphatic heterocycles. The van der Waals surface area contributed by atoms with Gasteiger partial charge >= 0.3 is 0 Å². The molecule has 0 radical (unpaired) electrons. The Balaban J connectivity index is 1.75. The van der Waals surface area contributed by atoms with E-state index in [0.29, 0.717) is 11.1 Å². The van der Waals surface area contributed by atoms with Crippen molar-refractivity contribution >= 4 is 23.4 Å². The fourth-order valence-electron chi connectivity index (χ4n) is 6.60. The zero-order chi connectivity index (χ0) is 30.0. The largest absolute Gasteiger partial charge is 0.510 e. The number of phenolic OH excluding ortho intramolecular Hbond substituents is 1. The molecule has 0 saturated heterocycles. The predicted molar refractivity (Wildman–Crippen MR) is 147 cm³/mol. The van der Waals surface area contributed by atoms with Crippen molar-refractivity contribution in [3.63, 3.8) is 0 Å². The standard InChI is InChI=1S/C30H31N3O8/c1-13(34)32-12-16-10-17(14-7-5-4-6-8-14)18-9-15-11-19-23(33(2)3)26(37)22(29(31)40)28(39)30(19,41)27(38)20(15)25(36)21(18)24(16)35/h4-8,10,15,19,23,35,37-38,41H,9,11-12H2,1-3H3,(H2,31,40)(H,32,34)/t15-,19-,23-,30-/m1/s1. The first kappa shape index (κ1) is 28.1. The normalized spacial score (nSPS) is 25.5. The number of hydrogen-bond acceptors (Lipinski definition) is 9. The summed E-state index contributed by atoms with van der Waals surface area (Å²) in [5.41, 5.74) is 3.66. The highest BCUT2D eigenvalue weighted by atomic mass is 16.3. The molecule has 0 saturated carbocycles. The number of nitrogens with two attached hydrogens (primary N) is 1. The predicted octanol–water partition coefficient (Wildman–Crippen LogP) is 1.42. The molecule has 2 amide bonds. The van der Waals surface area contributed by atoms with Gasteiger partial charge in [0.15, 0.2) is 11.4 Å². The molecule has 41 heavy (non-hydrogen) atoms. The molecule has 214 valence electrons. The van der Waals surface area contributed by atoms with Crippen LogP contribution in [-0.2, 0) is 27.3 Å². The van der Waals surface area contributed by atoms with Crippen LogP contribution in [0, 0.1) is 11.8 Å². The van der Waals surface area contributed by atoms with Gasteiger partial charge in [0, 0.05) is 30.5 Å². The zero-order valence-corrected chi connectivity index (χ0v) is 22.8. The van der Waals surface area contributed by atoms with Crippen molar-refractivity contribution in [1.82, 2.24) is 10.2 Å². The van der Waals surface area contributed by atoms with Crippen LogP contribution in [-0.4, -0.2) is 74.4 Å². The molecule has 11 nitrogen and oxygen atoms in total. The van der Waals surface area contributed by atoms with Gasteiger partial charge in [0.1, 0.15) is 22.8 Å². The molecule has 0 fully saturated rings. The molecule has 2 aromatic rings. The lowest BCUT2D eigenvalue weighted by atomic mass is 9.58. The van der Waals surface area contributed by atoms with Gasteiger partial charge in [-0.25, -0.2) is 0 Å². The second-order valence-corrected chi connectivity index (χ2v) is 11.0. The Morgan fingerprint density at radius 1 is 1.12 bits per heavy atom. The van der Waals surface area contributed by atoms with Gasteiger partial charge < -0.3 is 31.5 Å². The molecule has 0 heterocycles. The van der Waals surface area contributed by atoms with Crippen LogP contribution in [0.3, 0.4) is 0 Å². The third-order valence-corrected chi connectivity index (χ3v) is 8.41. The molecule has 0 aromatic heterocycles. The number of aliphatic hydroxyl groups excluding tert-OH is 2. The van der Waals surface area contributed by atoms with Crippen molar-refractivity contribution in [3.8, 4) is 16.9 Å². The van der Waals surface area contributed by atoms with Gasteiger partial charge in [-0.05, 0) is 55.6 Å². The smallest absolute Gasteiger partial charge is 0.255 e. The van der Waals surface area contributed by atoms with Gasteiger partial charge in [-0.1, -0.05) is 30.3 Å². The second kappa shape index (κ2) is 9.86. The van der Waals surface area contributed by atoms with Crippen molar-refractivity contribution < 1.29 is 39.6 Å². The maximum Gasteiger partial charge on any atom is 0.255 e. The Hall–Kier alpha value is -4.48. The minimum atomic E-state index is -2.71. The minimum Gasteiger partial charge on any atom is -0.510 e. The number of Topliss-reactive ketones (excluding diaryl/α,β-unsaturated/α-hetero) is 2. The fourth-order valence-corrected chi connectivity index (χ4v) is 6.60. The lowest BCUT2D eigenvalue weighted by molar-refractivity contribution is -0.148. The Labute approximate surface area is 235 Å². The molecule has 5 rings (SSSR count). The SMILES string of the molecule is CC(=O)NCc1cc(-c2ccccc2)c2c(c1O)C(=O)C1=C(O)[C@@]3(O)C(=O)C(C(N)=O)=C(O)[C@H](N(C)C)[C@H]3C[C@H]1C2. The summed E-state index contributed by atoms with van der Waals surface area (Å²) in [6.07, 6.45) is 0.154. The van der Waals surface area contributed by atoms with Gasteiger partial charge in [-0.2, -0.15) is 0 Å². The molecule has 7 N–H and O–H groups in total. The number of likely N-dealkylation sites (N-methyl/N-ethyl adjacent to an activating group) is 1. The van der Waals surface area contributed by atoms with E-state index in [1.807, 2.05) is 30.3 Å². The van der Waals surface area contributed by atoms with Crippen molar-refractivity contribution in [2.75, 3.05) is 14.1 Å². The monoisotopic (exact) mass is 561 g/mol. The number of rotatable bonds is 5. The van der Waals surface area contributed by atoms with E-state index in [2.05, 4.69) is 5.32 Å². The van der Waals surface area contributed by atoms with E-state index in [9.17, 15) is 39.6 Å². The van der Waals surface area contributed by atoms with Gasteiger partial charge in [0.2, 0.25) is 11.7 Å². The first-order valence-electron chi connectivity index (χ1n) is 13.1. The topological polar surface area (TPSA) is 190 Å². The maximum absolute atomic E-state index is 14.1. The lowest BCUT2D eigenvalue weighted by Gasteiger charge is -2.50. The van der Waals surface area contributed by atoms with Crippen LogP contribution in [0.5, 0.6) is 5.75 Å². The number of aliphatic hydroxyl groups is 3. The third kappa shape index (κ3) is 4.11. The molecular weight excluding hydrogens is 530 g/mol. The number of ketones is 2. The van der Waals surface area contributed by atoms with Gasteiger partial charge in [0.25, 0.3) is 5.91 Å². The average Bonchev–Trinajstić information content (AvgIpc) is 2.90. The number of nitrogens with one attached hydrogen (secondary N) is 1. The molecule has 3 aliphatic rings.